The Labute approximate surface area is 143 Å². The highest BCUT2D eigenvalue weighted by Crippen LogP contribution is 2.39. The Bertz CT molecular complexity index is 730. The van der Waals surface area contributed by atoms with Gasteiger partial charge in [-0.05, 0) is 43.3 Å². The molecular formula is C16H21N3O2S2. The zero-order chi connectivity index (χ0) is 16.4. The Hall–Kier alpha value is -1.34. The second-order valence-electron chi connectivity index (χ2n) is 5.70. The minimum absolute atomic E-state index is 0.579. The number of anilines is 1. The van der Waals surface area contributed by atoms with Crippen LogP contribution in [-0.4, -0.2) is 39.1 Å². The van der Waals surface area contributed by atoms with Gasteiger partial charge in [0.15, 0.2) is 0 Å². The van der Waals surface area contributed by atoms with E-state index in [2.05, 4.69) is 15.3 Å². The fourth-order valence-corrected chi connectivity index (χ4v) is 4.71. The summed E-state index contributed by atoms with van der Waals surface area (Å²) >= 11 is 3.40. The molecule has 0 fully saturated rings. The number of aromatic nitrogens is 2. The van der Waals surface area contributed by atoms with E-state index in [1.807, 2.05) is 13.2 Å². The fourth-order valence-electron chi connectivity index (χ4n) is 2.96. The Morgan fingerprint density at radius 2 is 2.26 bits per heavy atom. The molecule has 0 aliphatic heterocycles. The molecule has 3 rings (SSSR count). The van der Waals surface area contributed by atoms with Crippen LogP contribution in [0.2, 0.25) is 0 Å². The highest BCUT2D eigenvalue weighted by atomic mass is 32.2. The van der Waals surface area contributed by atoms with Crippen molar-refractivity contribution in [3.8, 4) is 0 Å². The third-order valence-corrected chi connectivity index (χ3v) is 5.98. The summed E-state index contributed by atoms with van der Waals surface area (Å²) < 4.78 is 0. The van der Waals surface area contributed by atoms with Crippen LogP contribution in [0, 0.1) is 0 Å². The Morgan fingerprint density at radius 1 is 1.43 bits per heavy atom. The van der Waals surface area contributed by atoms with E-state index < -0.39 is 12.0 Å². The van der Waals surface area contributed by atoms with Crippen LogP contribution in [0.4, 0.5) is 5.82 Å². The number of carbonyl (C=O) groups is 1. The second kappa shape index (κ2) is 7.05. The molecule has 0 bridgehead atoms. The van der Waals surface area contributed by atoms with Crippen molar-refractivity contribution >= 4 is 45.1 Å². The van der Waals surface area contributed by atoms with Gasteiger partial charge in [-0.1, -0.05) is 6.92 Å². The molecule has 2 aromatic rings. The lowest BCUT2D eigenvalue weighted by molar-refractivity contribution is -0.137. The molecule has 2 heterocycles. The van der Waals surface area contributed by atoms with Crippen molar-refractivity contribution in [2.75, 3.05) is 17.3 Å². The molecule has 2 N–H and O–H groups in total. The van der Waals surface area contributed by atoms with E-state index in [1.54, 1.807) is 23.1 Å². The van der Waals surface area contributed by atoms with Crippen molar-refractivity contribution < 1.29 is 9.90 Å². The van der Waals surface area contributed by atoms with Crippen LogP contribution in [0.25, 0.3) is 10.2 Å². The molecular weight excluding hydrogens is 330 g/mol. The predicted octanol–water partition coefficient (Wildman–Crippen LogP) is 3.36. The van der Waals surface area contributed by atoms with Crippen LogP contribution in [0.3, 0.4) is 0 Å². The summed E-state index contributed by atoms with van der Waals surface area (Å²) in [5.41, 5.74) is 1.32. The van der Waals surface area contributed by atoms with E-state index in [1.165, 1.54) is 16.9 Å². The van der Waals surface area contributed by atoms with Crippen LogP contribution < -0.4 is 5.32 Å². The number of thioether (sulfide) groups is 1. The molecule has 23 heavy (non-hydrogen) atoms. The number of rotatable bonds is 7. The van der Waals surface area contributed by atoms with E-state index >= 15 is 0 Å². The van der Waals surface area contributed by atoms with Crippen molar-refractivity contribution in [1.29, 1.82) is 0 Å². The molecule has 1 aliphatic carbocycles. The first-order valence-electron chi connectivity index (χ1n) is 7.93. The number of carboxylic acids is 1. The lowest BCUT2D eigenvalue weighted by Gasteiger charge is -2.16. The molecule has 1 aliphatic rings. The van der Waals surface area contributed by atoms with Gasteiger partial charge >= 0.3 is 5.97 Å². The number of thiophene rings is 1. The van der Waals surface area contributed by atoms with Gasteiger partial charge in [-0.3, -0.25) is 0 Å². The molecule has 1 atom stereocenters. The van der Waals surface area contributed by atoms with Crippen molar-refractivity contribution in [3.05, 3.63) is 16.3 Å². The van der Waals surface area contributed by atoms with Crippen molar-refractivity contribution in [1.82, 2.24) is 9.97 Å². The van der Waals surface area contributed by atoms with Gasteiger partial charge < -0.3 is 10.4 Å². The Balaban J connectivity index is 2.02. The first kappa shape index (κ1) is 16.5. The quantitative estimate of drug-likeness (QED) is 0.797. The largest absolute Gasteiger partial charge is 0.480 e. The maximum Gasteiger partial charge on any atom is 0.326 e. The fraction of sp³-hybridized carbons (Fsp3) is 0.562. The molecule has 0 saturated heterocycles. The first-order chi connectivity index (χ1) is 11.1. The van der Waals surface area contributed by atoms with Gasteiger partial charge in [-0.2, -0.15) is 11.8 Å². The number of carboxylic acid groups (broad SMARTS) is 1. The summed E-state index contributed by atoms with van der Waals surface area (Å²) in [6, 6.07) is -0.609. The van der Waals surface area contributed by atoms with Crippen molar-refractivity contribution in [2.24, 2.45) is 0 Å². The van der Waals surface area contributed by atoms with Crippen LogP contribution in [0.15, 0.2) is 0 Å². The monoisotopic (exact) mass is 351 g/mol. The normalized spacial score (nSPS) is 14.9. The van der Waals surface area contributed by atoms with Crippen LogP contribution in [0.5, 0.6) is 0 Å². The van der Waals surface area contributed by atoms with E-state index in [0.717, 1.165) is 41.1 Å². The number of hydrogen-bond donors (Lipinski definition) is 2. The average molecular weight is 351 g/mol. The molecule has 0 aromatic carbocycles. The number of fused-ring (bicyclic) bond motifs is 3. The number of nitrogens with one attached hydrogen (secondary N) is 1. The molecule has 5 nitrogen and oxygen atoms in total. The van der Waals surface area contributed by atoms with Gasteiger partial charge in [0.1, 0.15) is 22.5 Å². The van der Waals surface area contributed by atoms with Crippen LogP contribution in [0.1, 0.15) is 36.0 Å². The first-order valence-corrected chi connectivity index (χ1v) is 10.1. The minimum atomic E-state index is -0.823. The summed E-state index contributed by atoms with van der Waals surface area (Å²) in [5, 5.41) is 13.7. The molecule has 0 amide bonds. The topological polar surface area (TPSA) is 75.1 Å². The van der Waals surface area contributed by atoms with Gasteiger partial charge in [0.05, 0.1) is 5.39 Å². The summed E-state index contributed by atoms with van der Waals surface area (Å²) in [4.78, 5) is 23.2. The molecule has 0 unspecified atom stereocenters. The number of aliphatic carboxylic acids is 1. The standard InChI is InChI=1S/C16H21N3O2S2/c1-3-12-18-14(17-10(16(20)21)7-8-22-2)13-9-5-4-6-11(9)23-15(13)19-12/h10H,3-8H2,1-2H3,(H,20,21)(H,17,18,19)/t10-/m0/s1. The molecule has 0 spiro atoms. The van der Waals surface area contributed by atoms with E-state index in [9.17, 15) is 9.90 Å². The highest BCUT2D eigenvalue weighted by molar-refractivity contribution is 7.98. The van der Waals surface area contributed by atoms with Gasteiger partial charge in [-0.15, -0.1) is 11.3 Å². The van der Waals surface area contributed by atoms with Gasteiger partial charge in [-0.25, -0.2) is 14.8 Å². The molecule has 124 valence electrons. The Morgan fingerprint density at radius 3 is 2.96 bits per heavy atom. The molecule has 7 heteroatoms. The number of nitrogens with zero attached hydrogens (tertiary/aromatic N) is 2. The molecule has 0 radical (unpaired) electrons. The van der Waals surface area contributed by atoms with Crippen molar-refractivity contribution in [3.63, 3.8) is 0 Å². The van der Waals surface area contributed by atoms with Crippen molar-refractivity contribution in [2.45, 2.75) is 45.1 Å². The second-order valence-corrected chi connectivity index (χ2v) is 7.77. The predicted molar refractivity (Wildman–Crippen MR) is 96.9 cm³/mol. The van der Waals surface area contributed by atoms with Gasteiger partial charge in [0, 0.05) is 11.3 Å². The SMILES string of the molecule is CCc1nc(N[C@@H](CCSC)C(=O)O)c2c3c(sc2n1)CCC3. The average Bonchev–Trinajstić information content (AvgIpc) is 3.10. The lowest BCUT2D eigenvalue weighted by atomic mass is 10.1. The molecule has 0 saturated carbocycles. The van der Waals surface area contributed by atoms with Crippen LogP contribution in [-0.2, 0) is 24.1 Å². The van der Waals surface area contributed by atoms with E-state index in [4.69, 9.17) is 0 Å². The third kappa shape index (κ3) is 3.30. The third-order valence-electron chi connectivity index (χ3n) is 4.15. The maximum absolute atomic E-state index is 11.6. The summed E-state index contributed by atoms with van der Waals surface area (Å²) in [6.45, 7) is 2.02. The Kier molecular flexibility index (Phi) is 5.06. The summed E-state index contributed by atoms with van der Waals surface area (Å²) in [5.74, 6) is 1.46. The maximum atomic E-state index is 11.6. The highest BCUT2D eigenvalue weighted by Gasteiger charge is 2.25. The number of hydrogen-bond acceptors (Lipinski definition) is 6. The minimum Gasteiger partial charge on any atom is -0.480 e. The van der Waals surface area contributed by atoms with E-state index in [-0.39, 0.29) is 0 Å². The number of aryl methyl sites for hydroxylation is 3. The van der Waals surface area contributed by atoms with Crippen LogP contribution >= 0.6 is 23.1 Å². The zero-order valence-corrected chi connectivity index (χ0v) is 15.0. The summed E-state index contributed by atoms with van der Waals surface area (Å²) in [7, 11) is 0. The molecule has 2 aromatic heterocycles. The van der Waals surface area contributed by atoms with Gasteiger partial charge in [0.2, 0.25) is 0 Å². The lowest BCUT2D eigenvalue weighted by Crippen LogP contribution is -2.30. The van der Waals surface area contributed by atoms with Gasteiger partial charge in [0.25, 0.3) is 0 Å². The smallest absolute Gasteiger partial charge is 0.326 e. The zero-order valence-electron chi connectivity index (χ0n) is 13.4. The van der Waals surface area contributed by atoms with E-state index in [0.29, 0.717) is 12.2 Å². The summed E-state index contributed by atoms with van der Waals surface area (Å²) in [6.07, 6.45) is 6.63.